The number of hydrogen-bond acceptors (Lipinski definition) is 12. The largest absolute Gasteiger partial charge is 0.508 e. The third-order valence-corrected chi connectivity index (χ3v) is 8.02. The molecular weight excluding hydrogens is 592 g/mol. The minimum absolute atomic E-state index is 0.00144. The van der Waals surface area contributed by atoms with Crippen molar-refractivity contribution in [3.05, 3.63) is 34.1 Å². The SMILES string of the molecule is CCN(CC)c1cc(NC=O)c(O)c2c1CC1CC3[C@H](N(C)C)C(=O)C(C(N)=O)=C(O)[C@@]3(O)C(=O)C1=C2O.O=S(=O)(O)O. The summed E-state index contributed by atoms with van der Waals surface area (Å²) in [6.07, 6.45) is 0.533. The molecule has 2 unspecified atom stereocenters. The van der Waals surface area contributed by atoms with Gasteiger partial charge in [0.15, 0.2) is 11.4 Å². The van der Waals surface area contributed by atoms with Crippen LogP contribution in [0, 0.1) is 11.8 Å². The van der Waals surface area contributed by atoms with Gasteiger partial charge in [-0.05, 0) is 58.3 Å². The van der Waals surface area contributed by atoms with Gasteiger partial charge in [0.25, 0.3) is 5.91 Å². The second-order valence-corrected chi connectivity index (χ2v) is 11.4. The zero-order valence-corrected chi connectivity index (χ0v) is 24.5. The fourth-order valence-corrected chi connectivity index (χ4v) is 6.31. The van der Waals surface area contributed by atoms with Crippen LogP contribution in [0.3, 0.4) is 0 Å². The van der Waals surface area contributed by atoms with Crippen molar-refractivity contribution in [3.8, 4) is 5.75 Å². The van der Waals surface area contributed by atoms with Crippen LogP contribution in [0.25, 0.3) is 5.76 Å². The van der Waals surface area contributed by atoms with Crippen LogP contribution in [0.2, 0.25) is 0 Å². The summed E-state index contributed by atoms with van der Waals surface area (Å²) in [5.74, 6) is -7.23. The minimum atomic E-state index is -4.67. The van der Waals surface area contributed by atoms with Gasteiger partial charge in [0.2, 0.25) is 12.2 Å². The molecule has 3 aliphatic rings. The van der Waals surface area contributed by atoms with E-state index < -0.39 is 74.2 Å². The maximum atomic E-state index is 13.9. The van der Waals surface area contributed by atoms with E-state index in [1.807, 2.05) is 18.7 Å². The molecule has 1 aromatic rings. The highest BCUT2D eigenvalue weighted by atomic mass is 32.3. The van der Waals surface area contributed by atoms with Gasteiger partial charge in [-0.25, -0.2) is 0 Å². The number of likely N-dealkylation sites (N-methyl/N-ethyl adjacent to an activating group) is 1. The number of phenolic OH excluding ortho intramolecular Hbond substituents is 1. The van der Waals surface area contributed by atoms with Gasteiger partial charge in [0.05, 0.1) is 17.3 Å². The van der Waals surface area contributed by atoms with Gasteiger partial charge in [-0.1, -0.05) is 0 Å². The highest BCUT2D eigenvalue weighted by Gasteiger charge is 2.64. The lowest BCUT2D eigenvalue weighted by Crippen LogP contribution is -2.65. The number of phenols is 1. The Labute approximate surface area is 246 Å². The molecule has 16 nitrogen and oxygen atoms in total. The average Bonchev–Trinajstić information content (AvgIpc) is 2.88. The Bertz CT molecular complexity index is 1540. The summed E-state index contributed by atoms with van der Waals surface area (Å²) < 4.78 is 31.6. The minimum Gasteiger partial charge on any atom is -0.508 e. The number of aromatic hydroxyl groups is 1. The third-order valence-electron chi connectivity index (χ3n) is 8.02. The molecule has 0 aliphatic heterocycles. The second-order valence-electron chi connectivity index (χ2n) is 10.5. The van der Waals surface area contributed by atoms with E-state index in [1.54, 1.807) is 20.2 Å². The molecular formula is C26H34N4O12S. The van der Waals surface area contributed by atoms with Crippen LogP contribution in [0.5, 0.6) is 5.75 Å². The number of aliphatic hydroxyl groups is 3. The van der Waals surface area contributed by atoms with Crippen LogP contribution in [-0.4, -0.2) is 106 Å². The van der Waals surface area contributed by atoms with E-state index in [9.17, 15) is 39.6 Å². The maximum Gasteiger partial charge on any atom is 0.394 e. The number of carbonyl (C=O) groups is 4. The van der Waals surface area contributed by atoms with Crippen LogP contribution < -0.4 is 16.0 Å². The number of aliphatic hydroxyl groups excluding tert-OH is 2. The molecule has 0 aromatic heterocycles. The summed E-state index contributed by atoms with van der Waals surface area (Å²) in [5.41, 5.74) is 2.63. The van der Waals surface area contributed by atoms with Crippen molar-refractivity contribution in [1.29, 1.82) is 0 Å². The summed E-state index contributed by atoms with van der Waals surface area (Å²) in [5, 5.41) is 47.4. The Morgan fingerprint density at radius 2 is 1.72 bits per heavy atom. The van der Waals surface area contributed by atoms with E-state index in [0.717, 1.165) is 0 Å². The van der Waals surface area contributed by atoms with Crippen molar-refractivity contribution in [1.82, 2.24) is 4.90 Å². The highest BCUT2D eigenvalue weighted by molar-refractivity contribution is 7.79. The number of nitrogens with two attached hydrogens (primary N) is 1. The molecule has 3 aliphatic carbocycles. The number of nitrogens with one attached hydrogen (secondary N) is 1. The molecule has 0 saturated heterocycles. The molecule has 236 valence electrons. The van der Waals surface area contributed by atoms with Gasteiger partial charge in [0.1, 0.15) is 22.8 Å². The zero-order valence-electron chi connectivity index (χ0n) is 23.7. The average molecular weight is 627 g/mol. The van der Waals surface area contributed by atoms with Gasteiger partial charge in [-0.2, -0.15) is 8.42 Å². The van der Waals surface area contributed by atoms with Crippen molar-refractivity contribution < 1.29 is 57.1 Å². The van der Waals surface area contributed by atoms with E-state index in [4.69, 9.17) is 23.3 Å². The topological polar surface area (TPSA) is 268 Å². The van der Waals surface area contributed by atoms with Crippen molar-refractivity contribution in [3.63, 3.8) is 0 Å². The first-order chi connectivity index (χ1) is 19.9. The summed E-state index contributed by atoms with van der Waals surface area (Å²) in [7, 11) is -1.57. The van der Waals surface area contributed by atoms with Gasteiger partial charge >= 0.3 is 10.4 Å². The summed E-state index contributed by atoms with van der Waals surface area (Å²) in [4.78, 5) is 53.8. The molecule has 4 atom stereocenters. The number of Topliss-reactive ketones (excluding diaryl/α,β-unsaturated/α-hetero) is 2. The third kappa shape index (κ3) is 5.68. The molecule has 43 heavy (non-hydrogen) atoms. The molecule has 0 heterocycles. The standard InChI is InChI=1S/C26H32N4O8.H2O4S/c1-5-30(6-2)15-9-14(28-10-31)20(32)17-12(15)7-11-8-13-19(29(3)4)22(34)18(25(27)37)24(36)26(13,38)23(35)16(11)21(17)33;1-5(2,3)4/h9-11,13,19,32-33,36,38H,5-8H2,1-4H3,(H2,27,37)(H,28,31);(H2,1,2,3,4)/t11?,13?,19-,26-;/m0./s1. The fourth-order valence-electron chi connectivity index (χ4n) is 6.31. The van der Waals surface area contributed by atoms with E-state index in [2.05, 4.69) is 5.32 Å². The van der Waals surface area contributed by atoms with E-state index in [-0.39, 0.29) is 29.7 Å². The van der Waals surface area contributed by atoms with Crippen LogP contribution in [-0.2, 0) is 36.0 Å². The summed E-state index contributed by atoms with van der Waals surface area (Å²) in [6, 6.07) is 0.442. The van der Waals surface area contributed by atoms with Crippen molar-refractivity contribution >= 4 is 51.4 Å². The number of amides is 2. The highest BCUT2D eigenvalue weighted by Crippen LogP contribution is 2.54. The lowest BCUT2D eigenvalue weighted by molar-refractivity contribution is -0.153. The second kappa shape index (κ2) is 11.9. The lowest BCUT2D eigenvalue weighted by Gasteiger charge is -2.50. The quantitative estimate of drug-likeness (QED) is 0.0838. The molecule has 0 bridgehead atoms. The number of nitrogens with zero attached hydrogens (tertiary/aromatic N) is 2. The summed E-state index contributed by atoms with van der Waals surface area (Å²) in [6.45, 7) is 4.99. The fraction of sp³-hybridized carbons (Fsp3) is 0.462. The molecule has 0 spiro atoms. The van der Waals surface area contributed by atoms with Crippen molar-refractivity contribution in [2.24, 2.45) is 17.6 Å². The number of rotatable bonds is 7. The molecule has 17 heteroatoms. The first-order valence-electron chi connectivity index (χ1n) is 13.0. The number of benzene rings is 1. The van der Waals surface area contributed by atoms with Crippen LogP contribution in [0.4, 0.5) is 11.4 Å². The van der Waals surface area contributed by atoms with Crippen LogP contribution in [0.15, 0.2) is 23.0 Å². The smallest absolute Gasteiger partial charge is 0.394 e. The Morgan fingerprint density at radius 3 is 2.19 bits per heavy atom. The lowest BCUT2D eigenvalue weighted by atomic mass is 9.57. The number of primary amides is 1. The molecule has 1 fully saturated rings. The van der Waals surface area contributed by atoms with Gasteiger partial charge in [-0.15, -0.1) is 0 Å². The van der Waals surface area contributed by atoms with E-state index in [1.165, 1.54) is 4.90 Å². The van der Waals surface area contributed by atoms with E-state index >= 15 is 0 Å². The van der Waals surface area contributed by atoms with E-state index in [0.29, 0.717) is 30.8 Å². The van der Waals surface area contributed by atoms with Gasteiger partial charge in [0, 0.05) is 30.3 Å². The molecule has 0 radical (unpaired) electrons. The number of ketones is 2. The maximum absolute atomic E-state index is 13.9. The molecule has 4 rings (SSSR count). The monoisotopic (exact) mass is 626 g/mol. The van der Waals surface area contributed by atoms with Crippen molar-refractivity contribution in [2.75, 3.05) is 37.4 Å². The van der Waals surface area contributed by atoms with Crippen LogP contribution in [0.1, 0.15) is 31.4 Å². The Hall–Kier alpha value is -4.03. The molecule has 9 N–H and O–H groups in total. The molecule has 1 aromatic carbocycles. The Kier molecular flexibility index (Phi) is 9.28. The van der Waals surface area contributed by atoms with Gasteiger partial charge in [-0.3, -0.25) is 33.2 Å². The normalized spacial score (nSPS) is 24.9. The van der Waals surface area contributed by atoms with Crippen molar-refractivity contribution in [2.45, 2.75) is 38.3 Å². The summed E-state index contributed by atoms with van der Waals surface area (Å²) >= 11 is 0. The predicted molar refractivity (Wildman–Crippen MR) is 152 cm³/mol. The molecule has 1 saturated carbocycles. The zero-order chi connectivity index (χ0) is 32.8. The van der Waals surface area contributed by atoms with Crippen LogP contribution >= 0.6 is 0 Å². The van der Waals surface area contributed by atoms with Gasteiger partial charge < -0.3 is 36.4 Å². The number of hydrogen-bond donors (Lipinski definition) is 8. The first-order valence-corrected chi connectivity index (χ1v) is 14.4. The number of anilines is 2. The molecule has 2 amide bonds. The first kappa shape index (κ1) is 33.5. The number of fused-ring (bicyclic) bond motifs is 3. The predicted octanol–water partition coefficient (Wildman–Crippen LogP) is -0.274. The Morgan fingerprint density at radius 1 is 1.16 bits per heavy atom. The number of carbonyl (C=O) groups excluding carboxylic acids is 4. The Balaban J connectivity index is 0.000000934.